The number of hydrogen-bond acceptors (Lipinski definition) is 6. The van der Waals surface area contributed by atoms with Crippen LogP contribution in [0.2, 0.25) is 0 Å². The van der Waals surface area contributed by atoms with Crippen molar-refractivity contribution in [3.05, 3.63) is 46.3 Å². The topological polar surface area (TPSA) is 105 Å². The zero-order chi connectivity index (χ0) is 20.4. The average molecular weight is 400 g/mol. The lowest BCUT2D eigenvalue weighted by atomic mass is 10.1. The van der Waals surface area contributed by atoms with Crippen molar-refractivity contribution in [1.82, 2.24) is 4.98 Å². The molecule has 1 amide bonds. The van der Waals surface area contributed by atoms with E-state index >= 15 is 0 Å². The number of ether oxygens (including phenoxy) is 1. The van der Waals surface area contributed by atoms with E-state index in [1.807, 2.05) is 0 Å². The molecule has 146 valence electrons. The number of aromatic nitrogens is 1. The summed E-state index contributed by atoms with van der Waals surface area (Å²) >= 11 is 1.54. The Morgan fingerprint density at radius 1 is 1.21 bits per heavy atom. The molecule has 1 aromatic heterocycles. The van der Waals surface area contributed by atoms with E-state index in [-0.39, 0.29) is 22.9 Å². The molecular formula is C20H20N2O5S. The summed E-state index contributed by atoms with van der Waals surface area (Å²) in [6.45, 7) is 4.39. The predicted octanol–water partition coefficient (Wildman–Crippen LogP) is 3.31. The monoisotopic (exact) mass is 400 g/mol. The van der Waals surface area contributed by atoms with Crippen molar-refractivity contribution in [2.24, 2.45) is 0 Å². The highest BCUT2D eigenvalue weighted by molar-refractivity contribution is 7.99. The van der Waals surface area contributed by atoms with Crippen LogP contribution in [0.25, 0.3) is 0 Å². The third-order valence-corrected chi connectivity index (χ3v) is 5.55. The molecule has 2 N–H and O–H groups in total. The van der Waals surface area contributed by atoms with Crippen LogP contribution in [0.5, 0.6) is 0 Å². The molecule has 0 saturated heterocycles. The summed E-state index contributed by atoms with van der Waals surface area (Å²) < 4.78 is 5.15. The van der Waals surface area contributed by atoms with Crippen LogP contribution in [-0.4, -0.2) is 40.8 Å². The van der Waals surface area contributed by atoms with Gasteiger partial charge in [-0.1, -0.05) is 0 Å². The molecule has 0 bridgehead atoms. The molecule has 0 spiro atoms. The second kappa shape index (κ2) is 8.02. The average Bonchev–Trinajstić information content (AvgIpc) is 2.82. The smallest absolute Gasteiger partial charge is 0.338 e. The first-order valence-electron chi connectivity index (χ1n) is 8.75. The second-order valence-corrected chi connectivity index (χ2v) is 7.67. The molecule has 0 aliphatic carbocycles. The van der Waals surface area contributed by atoms with Gasteiger partial charge in [-0.25, -0.2) is 4.79 Å². The molecule has 2 aromatic rings. The van der Waals surface area contributed by atoms with Crippen molar-refractivity contribution < 1.29 is 23.9 Å². The van der Waals surface area contributed by atoms with Crippen LogP contribution < -0.4 is 5.32 Å². The van der Waals surface area contributed by atoms with E-state index in [0.717, 1.165) is 4.90 Å². The number of carbonyl (C=O) groups is 4. The lowest BCUT2D eigenvalue weighted by Crippen LogP contribution is -2.16. The van der Waals surface area contributed by atoms with E-state index in [2.05, 4.69) is 10.3 Å². The minimum Gasteiger partial charge on any atom is -0.454 e. The fourth-order valence-corrected chi connectivity index (χ4v) is 4.13. The number of hydrogen-bond donors (Lipinski definition) is 2. The highest BCUT2D eigenvalue weighted by Crippen LogP contribution is 2.31. The number of nitrogens with one attached hydrogen (secondary N) is 2. The van der Waals surface area contributed by atoms with Crippen LogP contribution in [-0.2, 0) is 9.53 Å². The Morgan fingerprint density at radius 2 is 1.96 bits per heavy atom. The highest BCUT2D eigenvalue weighted by Gasteiger charge is 2.22. The first-order valence-corrected chi connectivity index (χ1v) is 9.73. The third-order valence-electron chi connectivity index (χ3n) is 4.48. The normalized spacial score (nSPS) is 13.3. The molecule has 0 saturated carbocycles. The molecule has 2 heterocycles. The summed E-state index contributed by atoms with van der Waals surface area (Å²) in [5.41, 5.74) is 2.72. The number of amides is 1. The minimum atomic E-state index is -0.660. The van der Waals surface area contributed by atoms with Crippen molar-refractivity contribution in [2.75, 3.05) is 17.7 Å². The van der Waals surface area contributed by atoms with Gasteiger partial charge in [-0.05, 0) is 44.5 Å². The van der Waals surface area contributed by atoms with E-state index in [1.54, 1.807) is 32.0 Å². The zero-order valence-electron chi connectivity index (χ0n) is 15.8. The molecule has 1 aromatic carbocycles. The number of thioether (sulfide) groups is 1. The van der Waals surface area contributed by atoms with Crippen LogP contribution in [0.4, 0.5) is 5.69 Å². The molecule has 8 heteroatoms. The first kappa shape index (κ1) is 19.9. The van der Waals surface area contributed by atoms with E-state index in [9.17, 15) is 19.2 Å². The molecule has 0 radical (unpaired) electrons. The molecule has 7 nitrogen and oxygen atoms in total. The highest BCUT2D eigenvalue weighted by atomic mass is 32.2. The van der Waals surface area contributed by atoms with Crippen LogP contribution >= 0.6 is 11.8 Å². The molecule has 0 fully saturated rings. The van der Waals surface area contributed by atoms with Crippen molar-refractivity contribution in [3.63, 3.8) is 0 Å². The summed E-state index contributed by atoms with van der Waals surface area (Å²) in [7, 11) is 0. The lowest BCUT2D eigenvalue weighted by Gasteiger charge is -2.09. The van der Waals surface area contributed by atoms with E-state index < -0.39 is 18.4 Å². The Bertz CT molecular complexity index is 993. The minimum absolute atomic E-state index is 0.106. The van der Waals surface area contributed by atoms with Gasteiger partial charge in [-0.15, -0.1) is 11.8 Å². The molecule has 0 atom stereocenters. The number of ketones is 2. The summed E-state index contributed by atoms with van der Waals surface area (Å²) in [6, 6.07) is 4.91. The summed E-state index contributed by atoms with van der Waals surface area (Å²) in [5, 5.41) is 2.76. The summed E-state index contributed by atoms with van der Waals surface area (Å²) in [4.78, 5) is 51.9. The number of aryl methyl sites for hydroxylation is 1. The van der Waals surface area contributed by atoms with E-state index in [0.29, 0.717) is 34.7 Å². The van der Waals surface area contributed by atoms with Gasteiger partial charge in [-0.3, -0.25) is 14.4 Å². The number of aromatic amines is 1. The maximum atomic E-state index is 12.4. The molecular weight excluding hydrogens is 380 g/mol. The molecule has 1 aliphatic rings. The van der Waals surface area contributed by atoms with Gasteiger partial charge in [0.05, 0.1) is 16.9 Å². The maximum Gasteiger partial charge on any atom is 0.338 e. The standard InChI is InChI=1S/C20H20N2O5S/c1-10-18(12(3)23)11(2)21-19(10)15(24)9-27-20(26)13-4-5-16-14(8-13)22-17(25)6-7-28-16/h4-5,8,21H,6-7,9H2,1-3H3,(H,22,25). The van der Waals surface area contributed by atoms with Gasteiger partial charge in [0.25, 0.3) is 0 Å². The number of anilines is 1. The zero-order valence-corrected chi connectivity index (χ0v) is 16.6. The van der Waals surface area contributed by atoms with Gasteiger partial charge < -0.3 is 15.0 Å². The van der Waals surface area contributed by atoms with Crippen molar-refractivity contribution in [1.29, 1.82) is 0 Å². The number of rotatable bonds is 5. The van der Waals surface area contributed by atoms with Gasteiger partial charge in [0, 0.05) is 28.3 Å². The van der Waals surface area contributed by atoms with Crippen LogP contribution in [0.3, 0.4) is 0 Å². The van der Waals surface area contributed by atoms with Gasteiger partial charge in [-0.2, -0.15) is 0 Å². The van der Waals surface area contributed by atoms with Crippen molar-refractivity contribution >= 4 is 40.9 Å². The number of esters is 1. The number of H-pyrrole nitrogens is 1. The fourth-order valence-electron chi connectivity index (χ4n) is 3.19. The van der Waals surface area contributed by atoms with Crippen LogP contribution in [0.15, 0.2) is 23.1 Å². The molecule has 28 heavy (non-hydrogen) atoms. The van der Waals surface area contributed by atoms with Gasteiger partial charge in [0.1, 0.15) is 0 Å². The fraction of sp³-hybridized carbons (Fsp3) is 0.300. The van der Waals surface area contributed by atoms with Crippen LogP contribution in [0, 0.1) is 13.8 Å². The first-order chi connectivity index (χ1) is 13.3. The third kappa shape index (κ3) is 4.01. The number of benzene rings is 1. The lowest BCUT2D eigenvalue weighted by molar-refractivity contribution is -0.115. The SMILES string of the molecule is CC(=O)c1c(C)[nH]c(C(=O)COC(=O)c2ccc3c(c2)NC(=O)CCS3)c1C. The number of fused-ring (bicyclic) bond motifs is 1. The molecule has 3 rings (SSSR count). The number of Topliss-reactive ketones (excluding diaryl/α,β-unsaturated/α-hetero) is 2. The summed E-state index contributed by atoms with van der Waals surface area (Å²) in [6.07, 6.45) is 0.408. The Balaban J connectivity index is 1.71. The van der Waals surface area contributed by atoms with Crippen LogP contribution in [0.1, 0.15) is 55.8 Å². The second-order valence-electron chi connectivity index (χ2n) is 6.54. The van der Waals surface area contributed by atoms with Crippen molar-refractivity contribution in [3.8, 4) is 0 Å². The molecule has 1 aliphatic heterocycles. The van der Waals surface area contributed by atoms with Gasteiger partial charge in [0.2, 0.25) is 11.7 Å². The predicted molar refractivity (Wildman–Crippen MR) is 105 cm³/mol. The Morgan fingerprint density at radius 3 is 2.64 bits per heavy atom. The quantitative estimate of drug-likeness (QED) is 0.589. The van der Waals surface area contributed by atoms with Gasteiger partial charge >= 0.3 is 5.97 Å². The van der Waals surface area contributed by atoms with E-state index in [1.165, 1.54) is 18.7 Å². The largest absolute Gasteiger partial charge is 0.454 e. The Labute approximate surface area is 166 Å². The van der Waals surface area contributed by atoms with Gasteiger partial charge in [0.15, 0.2) is 12.4 Å². The van der Waals surface area contributed by atoms with E-state index in [4.69, 9.17) is 4.74 Å². The number of carbonyl (C=O) groups excluding carboxylic acids is 4. The Kier molecular flexibility index (Phi) is 5.69. The Hall–Kier alpha value is -2.87. The maximum absolute atomic E-state index is 12.4. The van der Waals surface area contributed by atoms with Crippen molar-refractivity contribution in [2.45, 2.75) is 32.1 Å². The molecule has 0 unspecified atom stereocenters. The summed E-state index contributed by atoms with van der Waals surface area (Å²) in [5.74, 6) is -0.640.